The zero-order valence-electron chi connectivity index (χ0n) is 8.56. The van der Waals surface area contributed by atoms with Crippen LogP contribution in [-0.2, 0) is 0 Å². The number of nitrogens with zero attached hydrogens (tertiary/aromatic N) is 2. The highest BCUT2D eigenvalue weighted by Crippen LogP contribution is 2.21. The van der Waals surface area contributed by atoms with Gasteiger partial charge in [-0.3, -0.25) is 0 Å². The normalized spacial score (nSPS) is 15.2. The van der Waals surface area contributed by atoms with Gasteiger partial charge < -0.3 is 10.0 Å². The van der Waals surface area contributed by atoms with Crippen molar-refractivity contribution in [1.82, 2.24) is 4.98 Å². The average molecular weight is 222 g/mol. The second-order valence-electron chi connectivity index (χ2n) is 3.51. The lowest BCUT2D eigenvalue weighted by molar-refractivity contribution is 0.0692. The third-order valence-electron chi connectivity index (χ3n) is 2.46. The number of aromatic carboxylic acids is 1. The van der Waals surface area contributed by atoms with Crippen molar-refractivity contribution in [2.75, 3.05) is 18.0 Å². The maximum atomic E-state index is 13.8. The molecule has 0 unspecified atom stereocenters. The highest BCUT2D eigenvalue weighted by atomic mass is 19.1. The number of anilines is 1. The molecule has 1 aromatic heterocycles. The first kappa shape index (κ1) is 10.6. The van der Waals surface area contributed by atoms with Crippen LogP contribution in [0.25, 0.3) is 0 Å². The van der Waals surface area contributed by atoms with Crippen molar-refractivity contribution < 1.29 is 14.3 Å². The number of rotatable bonds is 2. The largest absolute Gasteiger partial charge is 0.478 e. The summed E-state index contributed by atoms with van der Waals surface area (Å²) in [4.78, 5) is 16.4. The average Bonchev–Trinajstić information content (AvgIpc) is 2.30. The number of halogens is 1. The Kier molecular flexibility index (Phi) is 2.85. The minimum absolute atomic E-state index is 0.115. The third kappa shape index (κ3) is 1.88. The van der Waals surface area contributed by atoms with Crippen molar-refractivity contribution in [2.45, 2.75) is 6.42 Å². The summed E-state index contributed by atoms with van der Waals surface area (Å²) in [5, 5.41) is 8.79. The van der Waals surface area contributed by atoms with Crippen LogP contribution < -0.4 is 4.90 Å². The molecule has 0 amide bonds. The van der Waals surface area contributed by atoms with E-state index in [2.05, 4.69) is 4.98 Å². The number of carboxylic acids is 1. The van der Waals surface area contributed by atoms with E-state index in [-0.39, 0.29) is 11.4 Å². The molecule has 0 aliphatic carbocycles. The predicted molar refractivity (Wildman–Crippen MR) is 57.1 cm³/mol. The molecule has 16 heavy (non-hydrogen) atoms. The van der Waals surface area contributed by atoms with Crippen LogP contribution in [0.15, 0.2) is 24.4 Å². The lowest BCUT2D eigenvalue weighted by atomic mass is 10.2. The van der Waals surface area contributed by atoms with Gasteiger partial charge in [-0.1, -0.05) is 12.2 Å². The molecule has 2 rings (SSSR count). The minimum atomic E-state index is -1.27. The number of carbonyl (C=O) groups is 1. The van der Waals surface area contributed by atoms with Gasteiger partial charge in [-0.05, 0) is 12.5 Å². The molecule has 0 atom stereocenters. The molecule has 1 N–H and O–H groups in total. The van der Waals surface area contributed by atoms with Gasteiger partial charge in [0.25, 0.3) is 0 Å². The maximum absolute atomic E-state index is 13.8. The fourth-order valence-corrected chi connectivity index (χ4v) is 1.65. The highest BCUT2D eigenvalue weighted by Gasteiger charge is 2.19. The molecule has 1 aliphatic heterocycles. The van der Waals surface area contributed by atoms with E-state index in [1.807, 2.05) is 12.2 Å². The van der Waals surface area contributed by atoms with Gasteiger partial charge in [-0.25, -0.2) is 14.2 Å². The Hall–Kier alpha value is -1.91. The SMILES string of the molecule is O=C(O)c1ccnc(N2CC=CCC2)c1F. The molecule has 4 nitrogen and oxygen atoms in total. The summed E-state index contributed by atoms with van der Waals surface area (Å²) in [7, 11) is 0. The number of hydrogen-bond donors (Lipinski definition) is 1. The Bertz CT molecular complexity index is 446. The van der Waals surface area contributed by atoms with Crippen LogP contribution in [0.2, 0.25) is 0 Å². The molecule has 84 valence electrons. The zero-order valence-corrected chi connectivity index (χ0v) is 8.56. The second kappa shape index (κ2) is 4.30. The molecule has 1 aliphatic rings. The van der Waals surface area contributed by atoms with Gasteiger partial charge >= 0.3 is 5.97 Å². The topological polar surface area (TPSA) is 53.4 Å². The van der Waals surface area contributed by atoms with Crippen molar-refractivity contribution in [2.24, 2.45) is 0 Å². The second-order valence-corrected chi connectivity index (χ2v) is 3.51. The van der Waals surface area contributed by atoms with Crippen molar-refractivity contribution in [1.29, 1.82) is 0 Å². The van der Waals surface area contributed by atoms with E-state index in [4.69, 9.17) is 5.11 Å². The lowest BCUT2D eigenvalue weighted by Gasteiger charge is -2.24. The highest BCUT2D eigenvalue weighted by molar-refractivity contribution is 5.88. The molecular formula is C11H11FN2O2. The fraction of sp³-hybridized carbons (Fsp3) is 0.273. The van der Waals surface area contributed by atoms with Crippen LogP contribution in [0.4, 0.5) is 10.2 Å². The van der Waals surface area contributed by atoms with E-state index in [0.29, 0.717) is 13.1 Å². The molecule has 0 radical (unpaired) electrons. The van der Waals surface area contributed by atoms with Gasteiger partial charge in [0.05, 0.1) is 0 Å². The van der Waals surface area contributed by atoms with Gasteiger partial charge in [0, 0.05) is 19.3 Å². The van der Waals surface area contributed by atoms with Crippen molar-refractivity contribution in [3.05, 3.63) is 35.8 Å². The fourth-order valence-electron chi connectivity index (χ4n) is 1.65. The van der Waals surface area contributed by atoms with E-state index in [1.165, 1.54) is 12.3 Å². The summed E-state index contributed by atoms with van der Waals surface area (Å²) in [5.74, 6) is -1.91. The first-order chi connectivity index (χ1) is 7.70. The Morgan fingerprint density at radius 1 is 1.50 bits per heavy atom. The molecule has 0 spiro atoms. The summed E-state index contributed by atoms with van der Waals surface area (Å²) >= 11 is 0. The molecule has 2 heterocycles. The maximum Gasteiger partial charge on any atom is 0.338 e. The van der Waals surface area contributed by atoms with E-state index in [9.17, 15) is 9.18 Å². The molecule has 0 saturated heterocycles. The Labute approximate surface area is 92.0 Å². The van der Waals surface area contributed by atoms with Gasteiger partial charge in [-0.2, -0.15) is 0 Å². The summed E-state index contributed by atoms with van der Waals surface area (Å²) < 4.78 is 13.8. The van der Waals surface area contributed by atoms with E-state index in [1.54, 1.807) is 4.90 Å². The molecule has 0 aromatic carbocycles. The standard InChI is InChI=1S/C11H11FN2O2/c12-9-8(11(15)16)4-5-13-10(9)14-6-2-1-3-7-14/h1-2,4-5H,3,6-7H2,(H,15,16). The van der Waals surface area contributed by atoms with E-state index < -0.39 is 11.8 Å². The van der Waals surface area contributed by atoms with Gasteiger partial charge in [-0.15, -0.1) is 0 Å². The predicted octanol–water partition coefficient (Wildman–Crippen LogP) is 1.69. The van der Waals surface area contributed by atoms with Crippen molar-refractivity contribution in [3.8, 4) is 0 Å². The number of pyridine rings is 1. The number of carboxylic acid groups (broad SMARTS) is 1. The molecule has 5 heteroatoms. The van der Waals surface area contributed by atoms with E-state index >= 15 is 0 Å². The van der Waals surface area contributed by atoms with Crippen LogP contribution in [0.1, 0.15) is 16.8 Å². The lowest BCUT2D eigenvalue weighted by Crippen LogP contribution is -2.29. The monoisotopic (exact) mass is 222 g/mol. The van der Waals surface area contributed by atoms with Crippen molar-refractivity contribution >= 4 is 11.8 Å². The minimum Gasteiger partial charge on any atom is -0.478 e. The summed E-state index contributed by atoms with van der Waals surface area (Å²) in [6.45, 7) is 1.22. The van der Waals surface area contributed by atoms with Gasteiger partial charge in [0.1, 0.15) is 5.56 Å². The van der Waals surface area contributed by atoms with Crippen LogP contribution in [-0.4, -0.2) is 29.1 Å². The summed E-state index contributed by atoms with van der Waals surface area (Å²) in [6, 6.07) is 1.17. The Morgan fingerprint density at radius 2 is 2.31 bits per heavy atom. The number of hydrogen-bond acceptors (Lipinski definition) is 3. The quantitative estimate of drug-likeness (QED) is 0.773. The van der Waals surface area contributed by atoms with Crippen LogP contribution >= 0.6 is 0 Å². The Morgan fingerprint density at radius 3 is 2.94 bits per heavy atom. The first-order valence-electron chi connectivity index (χ1n) is 4.98. The van der Waals surface area contributed by atoms with Gasteiger partial charge in [0.15, 0.2) is 11.6 Å². The molecule has 0 saturated carbocycles. The van der Waals surface area contributed by atoms with Gasteiger partial charge in [0.2, 0.25) is 0 Å². The smallest absolute Gasteiger partial charge is 0.338 e. The third-order valence-corrected chi connectivity index (χ3v) is 2.46. The molecule has 0 fully saturated rings. The van der Waals surface area contributed by atoms with Crippen LogP contribution in [0, 0.1) is 5.82 Å². The van der Waals surface area contributed by atoms with Crippen LogP contribution in [0.5, 0.6) is 0 Å². The molecular weight excluding hydrogens is 211 g/mol. The molecule has 0 bridgehead atoms. The van der Waals surface area contributed by atoms with E-state index in [0.717, 1.165) is 6.42 Å². The Balaban J connectivity index is 2.37. The molecule has 1 aromatic rings. The number of aromatic nitrogens is 1. The first-order valence-corrected chi connectivity index (χ1v) is 4.98. The summed E-state index contributed by atoms with van der Waals surface area (Å²) in [6.07, 6.45) is 6.06. The zero-order chi connectivity index (χ0) is 11.5. The van der Waals surface area contributed by atoms with Crippen LogP contribution in [0.3, 0.4) is 0 Å². The summed E-state index contributed by atoms with van der Waals surface area (Å²) in [5.41, 5.74) is -0.334. The van der Waals surface area contributed by atoms with Crippen molar-refractivity contribution in [3.63, 3.8) is 0 Å².